The molecule has 8 heteroatoms. The number of hydrogen-bond donors (Lipinski definition) is 2. The lowest BCUT2D eigenvalue weighted by atomic mass is 10.2. The van der Waals surface area contributed by atoms with E-state index in [0.29, 0.717) is 17.3 Å². The van der Waals surface area contributed by atoms with E-state index in [1.807, 2.05) is 29.5 Å². The van der Waals surface area contributed by atoms with Gasteiger partial charge in [-0.05, 0) is 25.4 Å². The number of hydrogen-bond acceptors (Lipinski definition) is 7. The van der Waals surface area contributed by atoms with Crippen LogP contribution in [0.4, 0.5) is 0 Å². The molecule has 112 valence electrons. The third-order valence-electron chi connectivity index (χ3n) is 3.26. The molecule has 6 nitrogen and oxygen atoms in total. The van der Waals surface area contributed by atoms with Crippen molar-refractivity contribution in [2.24, 2.45) is 0 Å². The molecular weight excluding hydrogens is 308 g/mol. The number of thiophene rings is 1. The van der Waals surface area contributed by atoms with Crippen LogP contribution in [0.3, 0.4) is 0 Å². The minimum Gasteiger partial charge on any atom is -0.492 e. The van der Waals surface area contributed by atoms with Gasteiger partial charge in [0.15, 0.2) is 0 Å². The van der Waals surface area contributed by atoms with E-state index in [4.69, 9.17) is 0 Å². The highest BCUT2D eigenvalue weighted by molar-refractivity contribution is 7.17. The standard InChI is InChI=1S/C13H16N4O2S2/c1-8-14-13-17(15-8)12(19)11(21-13)10(16(2)5-6-18)9-4-3-7-20-9/h3-4,7,10,18-19H,5-6H2,1-2H3. The highest BCUT2D eigenvalue weighted by atomic mass is 32.1. The monoisotopic (exact) mass is 324 g/mol. The fourth-order valence-electron chi connectivity index (χ4n) is 2.31. The Kier molecular flexibility index (Phi) is 3.94. The number of thiazole rings is 1. The second kappa shape index (κ2) is 5.72. The summed E-state index contributed by atoms with van der Waals surface area (Å²) < 4.78 is 1.47. The molecule has 0 saturated heterocycles. The minimum atomic E-state index is -0.106. The minimum absolute atomic E-state index is 0.0685. The fraction of sp³-hybridized carbons (Fsp3) is 0.385. The predicted octanol–water partition coefficient (Wildman–Crippen LogP) is 1.88. The van der Waals surface area contributed by atoms with E-state index in [0.717, 1.165) is 9.75 Å². The van der Waals surface area contributed by atoms with E-state index in [-0.39, 0.29) is 18.5 Å². The van der Waals surface area contributed by atoms with Crippen LogP contribution in [0, 0.1) is 6.92 Å². The summed E-state index contributed by atoms with van der Waals surface area (Å²) in [6, 6.07) is 3.91. The van der Waals surface area contributed by atoms with E-state index in [1.54, 1.807) is 18.3 Å². The molecule has 0 spiro atoms. The van der Waals surface area contributed by atoms with Crippen molar-refractivity contribution < 1.29 is 10.2 Å². The van der Waals surface area contributed by atoms with Crippen molar-refractivity contribution in [2.75, 3.05) is 20.2 Å². The summed E-state index contributed by atoms with van der Waals surface area (Å²) in [6.07, 6.45) is 0. The van der Waals surface area contributed by atoms with Gasteiger partial charge in [-0.3, -0.25) is 4.90 Å². The van der Waals surface area contributed by atoms with Gasteiger partial charge in [0.1, 0.15) is 5.82 Å². The SMILES string of the molecule is Cc1nc2sc(C(c3cccs3)N(C)CCO)c(O)n2n1. The van der Waals surface area contributed by atoms with Crippen LogP contribution in [0.15, 0.2) is 17.5 Å². The molecular formula is C13H16N4O2S2. The number of nitrogens with zero attached hydrogens (tertiary/aromatic N) is 4. The largest absolute Gasteiger partial charge is 0.492 e. The Morgan fingerprint density at radius 3 is 2.90 bits per heavy atom. The Hall–Kier alpha value is -1.48. The van der Waals surface area contributed by atoms with Gasteiger partial charge in [0, 0.05) is 11.4 Å². The van der Waals surface area contributed by atoms with E-state index < -0.39 is 0 Å². The van der Waals surface area contributed by atoms with Gasteiger partial charge in [-0.25, -0.2) is 4.98 Å². The van der Waals surface area contributed by atoms with Crippen LogP contribution in [0.25, 0.3) is 4.96 Å². The number of aliphatic hydroxyl groups is 1. The highest BCUT2D eigenvalue weighted by Crippen LogP contribution is 2.40. The molecule has 0 aliphatic rings. The second-order valence-electron chi connectivity index (χ2n) is 4.77. The topological polar surface area (TPSA) is 73.9 Å². The first-order valence-electron chi connectivity index (χ1n) is 6.51. The molecule has 0 aliphatic heterocycles. The third-order valence-corrected chi connectivity index (χ3v) is 5.26. The highest BCUT2D eigenvalue weighted by Gasteiger charge is 2.27. The van der Waals surface area contributed by atoms with E-state index >= 15 is 0 Å². The van der Waals surface area contributed by atoms with Crippen molar-refractivity contribution in [3.05, 3.63) is 33.1 Å². The maximum absolute atomic E-state index is 10.5. The van der Waals surface area contributed by atoms with Crippen LogP contribution < -0.4 is 0 Å². The molecule has 0 fully saturated rings. The van der Waals surface area contributed by atoms with Crippen LogP contribution in [0.1, 0.15) is 21.6 Å². The molecule has 0 bridgehead atoms. The normalized spacial score (nSPS) is 13.3. The summed E-state index contributed by atoms with van der Waals surface area (Å²) in [5.74, 6) is 0.762. The number of aromatic hydroxyl groups is 1. The fourth-order valence-corrected chi connectivity index (χ4v) is 4.46. The second-order valence-corrected chi connectivity index (χ2v) is 6.75. The first-order valence-corrected chi connectivity index (χ1v) is 8.21. The number of rotatable bonds is 5. The van der Waals surface area contributed by atoms with Crippen LogP contribution >= 0.6 is 22.7 Å². The summed E-state index contributed by atoms with van der Waals surface area (Å²) in [5.41, 5.74) is 0. The molecule has 0 radical (unpaired) electrons. The molecule has 21 heavy (non-hydrogen) atoms. The molecule has 2 N–H and O–H groups in total. The summed E-state index contributed by atoms with van der Waals surface area (Å²) in [6.45, 7) is 2.39. The Bertz CT molecular complexity index is 735. The zero-order chi connectivity index (χ0) is 15.0. The van der Waals surface area contributed by atoms with Gasteiger partial charge < -0.3 is 10.2 Å². The smallest absolute Gasteiger partial charge is 0.230 e. The molecule has 3 rings (SSSR count). The lowest BCUT2D eigenvalue weighted by molar-refractivity contribution is 0.198. The number of likely N-dealkylation sites (N-methyl/N-ethyl adjacent to an activating group) is 1. The maximum atomic E-state index is 10.5. The molecule has 1 unspecified atom stereocenters. The molecule has 3 aromatic heterocycles. The molecule has 0 saturated carbocycles. The van der Waals surface area contributed by atoms with Gasteiger partial charge in [0.2, 0.25) is 10.8 Å². The summed E-state index contributed by atoms with van der Waals surface area (Å²) >= 11 is 3.05. The Balaban J connectivity index is 2.09. The number of aryl methyl sites for hydroxylation is 1. The number of aliphatic hydroxyl groups excluding tert-OH is 1. The summed E-state index contributed by atoms with van der Waals surface area (Å²) in [5, 5.41) is 25.9. The van der Waals surface area contributed by atoms with E-state index in [2.05, 4.69) is 10.1 Å². The van der Waals surface area contributed by atoms with E-state index in [1.165, 1.54) is 15.9 Å². The average molecular weight is 324 g/mol. The Morgan fingerprint density at radius 1 is 1.48 bits per heavy atom. The van der Waals surface area contributed by atoms with Gasteiger partial charge in [-0.2, -0.15) is 4.52 Å². The maximum Gasteiger partial charge on any atom is 0.230 e. The van der Waals surface area contributed by atoms with Crippen LogP contribution in [0.5, 0.6) is 5.88 Å². The molecule has 0 aromatic carbocycles. The molecule has 0 aliphatic carbocycles. The third kappa shape index (κ3) is 2.55. The quantitative estimate of drug-likeness (QED) is 0.749. The Morgan fingerprint density at radius 2 is 2.29 bits per heavy atom. The summed E-state index contributed by atoms with van der Waals surface area (Å²) in [7, 11) is 1.93. The van der Waals surface area contributed by atoms with E-state index in [9.17, 15) is 10.2 Å². The molecule has 3 aromatic rings. The van der Waals surface area contributed by atoms with Crippen molar-refractivity contribution in [1.82, 2.24) is 19.5 Å². The lowest BCUT2D eigenvalue weighted by Crippen LogP contribution is -2.27. The predicted molar refractivity (Wildman–Crippen MR) is 83.1 cm³/mol. The van der Waals surface area contributed by atoms with Crippen molar-refractivity contribution in [3.63, 3.8) is 0 Å². The van der Waals surface area contributed by atoms with Crippen molar-refractivity contribution in [2.45, 2.75) is 13.0 Å². The Labute approximate surface area is 129 Å². The van der Waals surface area contributed by atoms with Crippen molar-refractivity contribution >= 4 is 27.6 Å². The van der Waals surface area contributed by atoms with Gasteiger partial charge >= 0.3 is 0 Å². The molecule has 1 atom stereocenters. The van der Waals surface area contributed by atoms with Crippen molar-refractivity contribution in [3.8, 4) is 5.88 Å². The van der Waals surface area contributed by atoms with Crippen LogP contribution in [-0.2, 0) is 0 Å². The molecule has 3 heterocycles. The van der Waals surface area contributed by atoms with Crippen LogP contribution in [0.2, 0.25) is 0 Å². The lowest BCUT2D eigenvalue weighted by Gasteiger charge is -2.25. The average Bonchev–Trinajstić information content (AvgIpc) is 3.12. The van der Waals surface area contributed by atoms with Crippen molar-refractivity contribution in [1.29, 1.82) is 0 Å². The first kappa shape index (κ1) is 14.5. The number of aromatic nitrogens is 3. The van der Waals surface area contributed by atoms with Crippen LogP contribution in [-0.4, -0.2) is 49.9 Å². The number of fused-ring (bicyclic) bond motifs is 1. The zero-order valence-corrected chi connectivity index (χ0v) is 13.4. The summed E-state index contributed by atoms with van der Waals surface area (Å²) in [4.78, 5) is 8.91. The molecule has 0 amide bonds. The zero-order valence-electron chi connectivity index (χ0n) is 11.7. The first-order chi connectivity index (χ1) is 10.1. The van der Waals surface area contributed by atoms with Gasteiger partial charge in [0.05, 0.1) is 17.5 Å². The van der Waals surface area contributed by atoms with Gasteiger partial charge in [0.25, 0.3) is 0 Å². The van der Waals surface area contributed by atoms with Gasteiger partial charge in [-0.15, -0.1) is 16.4 Å². The van der Waals surface area contributed by atoms with Gasteiger partial charge in [-0.1, -0.05) is 17.4 Å².